The highest BCUT2D eigenvalue weighted by atomic mass is 32.2. The van der Waals surface area contributed by atoms with E-state index in [0.717, 1.165) is 17.7 Å². The maximum Gasteiger partial charge on any atom is 0.307 e. The molecule has 0 aliphatic heterocycles. The van der Waals surface area contributed by atoms with E-state index >= 15 is 0 Å². The number of halogens is 1. The molecule has 0 aliphatic carbocycles. The molecule has 0 atom stereocenters. The lowest BCUT2D eigenvalue weighted by Gasteiger charge is -2.12. The normalized spacial score (nSPS) is 11.4. The van der Waals surface area contributed by atoms with Gasteiger partial charge in [0, 0.05) is 23.8 Å². The fourth-order valence-corrected chi connectivity index (χ4v) is 5.50. The summed E-state index contributed by atoms with van der Waals surface area (Å²) in [6, 6.07) is 16.6. The summed E-state index contributed by atoms with van der Waals surface area (Å²) in [4.78, 5) is 11.5. The molecule has 2 aromatic heterocycles. The Morgan fingerprint density at radius 3 is 2.45 bits per heavy atom. The quantitative estimate of drug-likeness (QED) is 0.431. The number of carboxylic acid groups (broad SMARTS) is 1. The van der Waals surface area contributed by atoms with Gasteiger partial charge in [-0.3, -0.25) is 4.79 Å². The number of aromatic nitrogens is 1. The van der Waals surface area contributed by atoms with Crippen molar-refractivity contribution in [2.75, 3.05) is 0 Å². The van der Waals surface area contributed by atoms with Gasteiger partial charge in [-0.2, -0.15) is 5.26 Å². The number of hydrogen-bond acceptors (Lipinski definition) is 4. The van der Waals surface area contributed by atoms with Crippen LogP contribution in [0.15, 0.2) is 76.7 Å². The molecule has 0 amide bonds. The number of hydrogen-bond donors (Lipinski definition) is 1. The highest BCUT2D eigenvalue weighted by molar-refractivity contribution is 7.91. The number of sulfone groups is 1. The third-order valence-electron chi connectivity index (χ3n) is 5.64. The summed E-state index contributed by atoms with van der Waals surface area (Å²) in [7, 11) is -3.92. The van der Waals surface area contributed by atoms with Crippen molar-refractivity contribution in [3.63, 3.8) is 0 Å². The zero-order valence-electron chi connectivity index (χ0n) is 17.6. The molecular formula is C25H19FN2O4S. The first-order valence-corrected chi connectivity index (χ1v) is 11.5. The molecule has 0 fully saturated rings. The van der Waals surface area contributed by atoms with E-state index in [0.29, 0.717) is 27.9 Å². The minimum absolute atomic E-state index is 0.0218. The van der Waals surface area contributed by atoms with Gasteiger partial charge in [-0.15, -0.1) is 0 Å². The van der Waals surface area contributed by atoms with Gasteiger partial charge in [0.25, 0.3) is 0 Å². The Kier molecular flexibility index (Phi) is 5.75. The average Bonchev–Trinajstić information content (AvgIpc) is 3.04. The monoisotopic (exact) mass is 462 g/mol. The van der Waals surface area contributed by atoms with Crippen LogP contribution in [0.4, 0.5) is 4.39 Å². The molecule has 2 heterocycles. The van der Waals surface area contributed by atoms with E-state index in [2.05, 4.69) is 6.07 Å². The Balaban J connectivity index is 1.88. The second kappa shape index (κ2) is 8.52. The molecular weight excluding hydrogens is 443 g/mol. The molecule has 0 saturated heterocycles. The lowest BCUT2D eigenvalue weighted by Crippen LogP contribution is -2.07. The zero-order chi connectivity index (χ0) is 23.8. The number of fused-ring (bicyclic) bond motifs is 1. The van der Waals surface area contributed by atoms with Crippen molar-refractivity contribution in [3.8, 4) is 6.07 Å². The third kappa shape index (κ3) is 4.11. The Bertz CT molecular complexity index is 1530. The van der Waals surface area contributed by atoms with Crippen LogP contribution in [0.2, 0.25) is 0 Å². The molecule has 0 bridgehead atoms. The molecule has 0 unspecified atom stereocenters. The topological polar surface area (TPSA) is 99.6 Å². The Morgan fingerprint density at radius 2 is 1.79 bits per heavy atom. The molecule has 0 radical (unpaired) electrons. The summed E-state index contributed by atoms with van der Waals surface area (Å²) < 4.78 is 41.7. The summed E-state index contributed by atoms with van der Waals surface area (Å²) in [5.41, 5.74) is 3.59. The van der Waals surface area contributed by atoms with E-state index in [1.165, 1.54) is 18.2 Å². The maximum absolute atomic E-state index is 13.3. The summed E-state index contributed by atoms with van der Waals surface area (Å²) in [6.07, 6.45) is 1.62. The SMILES string of the molecule is Cc1c(CC(=O)O)c2ccc(C#N)cn2c1Cc1ccccc1S(=O)(=O)c1ccc(F)cc1. The number of carbonyl (C=O) groups is 1. The van der Waals surface area contributed by atoms with Gasteiger partial charge in [-0.1, -0.05) is 18.2 Å². The largest absolute Gasteiger partial charge is 0.481 e. The molecule has 4 aromatic rings. The average molecular weight is 463 g/mol. The van der Waals surface area contributed by atoms with Crippen molar-refractivity contribution in [1.29, 1.82) is 5.26 Å². The van der Waals surface area contributed by atoms with E-state index < -0.39 is 21.6 Å². The maximum atomic E-state index is 13.3. The minimum atomic E-state index is -3.92. The van der Waals surface area contributed by atoms with E-state index in [9.17, 15) is 28.0 Å². The zero-order valence-corrected chi connectivity index (χ0v) is 18.4. The van der Waals surface area contributed by atoms with Gasteiger partial charge in [-0.05, 0) is 66.1 Å². The van der Waals surface area contributed by atoms with Crippen LogP contribution in [0, 0.1) is 24.1 Å². The molecule has 6 nitrogen and oxygen atoms in total. The van der Waals surface area contributed by atoms with E-state index in [1.54, 1.807) is 47.9 Å². The summed E-state index contributed by atoms with van der Waals surface area (Å²) in [5, 5.41) is 18.7. The van der Waals surface area contributed by atoms with Crippen molar-refractivity contribution < 1.29 is 22.7 Å². The third-order valence-corrected chi connectivity index (χ3v) is 7.51. The molecule has 33 heavy (non-hydrogen) atoms. The number of aliphatic carboxylic acids is 1. The van der Waals surface area contributed by atoms with Gasteiger partial charge in [0.1, 0.15) is 11.9 Å². The highest BCUT2D eigenvalue weighted by Gasteiger charge is 2.24. The van der Waals surface area contributed by atoms with Crippen molar-refractivity contribution >= 4 is 21.3 Å². The van der Waals surface area contributed by atoms with Crippen LogP contribution in [0.3, 0.4) is 0 Å². The van der Waals surface area contributed by atoms with Gasteiger partial charge >= 0.3 is 5.97 Å². The predicted molar refractivity (Wildman–Crippen MR) is 119 cm³/mol. The van der Waals surface area contributed by atoms with Crippen LogP contribution < -0.4 is 0 Å². The first-order chi connectivity index (χ1) is 15.7. The second-order valence-corrected chi connectivity index (χ2v) is 9.57. The van der Waals surface area contributed by atoms with Crippen LogP contribution in [0.5, 0.6) is 0 Å². The molecule has 4 rings (SSSR count). The summed E-state index contributed by atoms with van der Waals surface area (Å²) in [5.74, 6) is -1.52. The van der Waals surface area contributed by atoms with Gasteiger partial charge in [-0.25, -0.2) is 12.8 Å². The van der Waals surface area contributed by atoms with Crippen LogP contribution in [-0.4, -0.2) is 23.9 Å². The molecule has 8 heteroatoms. The van der Waals surface area contributed by atoms with Crippen LogP contribution in [0.25, 0.3) is 5.52 Å². The molecule has 0 spiro atoms. The molecule has 0 saturated carbocycles. The summed E-state index contributed by atoms with van der Waals surface area (Å²) >= 11 is 0. The lowest BCUT2D eigenvalue weighted by atomic mass is 10.0. The van der Waals surface area contributed by atoms with Crippen molar-refractivity contribution in [2.45, 2.75) is 29.6 Å². The standard InChI is InChI=1S/C25H19FN2O4S/c1-16-21(13-25(29)30)22-11-6-17(14-27)15-28(22)23(16)12-18-4-2-3-5-24(18)33(31,32)20-9-7-19(26)8-10-20/h2-11,15H,12-13H2,1H3,(H,29,30). The number of nitriles is 1. The van der Waals surface area contributed by atoms with Crippen molar-refractivity contribution in [3.05, 3.63) is 101 Å². The minimum Gasteiger partial charge on any atom is -0.481 e. The number of rotatable bonds is 6. The fraction of sp³-hybridized carbons (Fsp3) is 0.120. The molecule has 166 valence electrons. The first kappa shape index (κ1) is 22.2. The Hall–Kier alpha value is -3.96. The van der Waals surface area contributed by atoms with Gasteiger partial charge < -0.3 is 9.51 Å². The van der Waals surface area contributed by atoms with Crippen molar-refractivity contribution in [1.82, 2.24) is 4.40 Å². The van der Waals surface area contributed by atoms with E-state index in [-0.39, 0.29) is 22.6 Å². The Morgan fingerprint density at radius 1 is 1.09 bits per heavy atom. The number of benzene rings is 2. The Labute approximate surface area is 190 Å². The fourth-order valence-electron chi connectivity index (χ4n) is 4.01. The smallest absolute Gasteiger partial charge is 0.307 e. The van der Waals surface area contributed by atoms with Crippen LogP contribution in [-0.2, 0) is 27.5 Å². The van der Waals surface area contributed by atoms with Gasteiger partial charge in [0.15, 0.2) is 0 Å². The van der Waals surface area contributed by atoms with Gasteiger partial charge in [0.05, 0.1) is 21.8 Å². The first-order valence-electron chi connectivity index (χ1n) is 10.0. The second-order valence-electron chi connectivity index (χ2n) is 7.65. The van der Waals surface area contributed by atoms with Gasteiger partial charge in [0.2, 0.25) is 9.84 Å². The number of nitrogens with zero attached hydrogens (tertiary/aromatic N) is 2. The summed E-state index contributed by atoms with van der Waals surface area (Å²) in [6.45, 7) is 1.80. The number of pyridine rings is 1. The molecule has 0 aliphatic rings. The highest BCUT2D eigenvalue weighted by Crippen LogP contribution is 2.30. The lowest BCUT2D eigenvalue weighted by molar-refractivity contribution is -0.136. The van der Waals surface area contributed by atoms with E-state index in [1.807, 2.05) is 0 Å². The van der Waals surface area contributed by atoms with Crippen LogP contribution in [0.1, 0.15) is 27.9 Å². The van der Waals surface area contributed by atoms with Crippen LogP contribution >= 0.6 is 0 Å². The molecule has 2 aromatic carbocycles. The van der Waals surface area contributed by atoms with E-state index in [4.69, 9.17) is 0 Å². The molecule has 1 N–H and O–H groups in total. The number of carboxylic acids is 1. The predicted octanol–water partition coefficient (Wildman–Crippen LogP) is 4.31. The van der Waals surface area contributed by atoms with Crippen molar-refractivity contribution in [2.24, 2.45) is 0 Å².